The van der Waals surface area contributed by atoms with Crippen molar-refractivity contribution < 1.29 is 4.74 Å². The van der Waals surface area contributed by atoms with Crippen LogP contribution in [0.5, 0.6) is 0 Å². The zero-order valence-electron chi connectivity index (χ0n) is 21.5. The molecule has 0 spiro atoms. The molecule has 0 N–H and O–H groups in total. The van der Waals surface area contributed by atoms with Gasteiger partial charge in [0.1, 0.15) is 11.6 Å². The molecule has 0 bridgehead atoms. The van der Waals surface area contributed by atoms with Gasteiger partial charge in [-0.1, -0.05) is 41.5 Å². The van der Waals surface area contributed by atoms with Gasteiger partial charge in [-0.05, 0) is 45.7 Å². The fourth-order valence-corrected chi connectivity index (χ4v) is 3.74. The first-order valence-electron chi connectivity index (χ1n) is 11.8. The van der Waals surface area contributed by atoms with E-state index in [0.29, 0.717) is 12.5 Å². The van der Waals surface area contributed by atoms with Crippen LogP contribution in [0.3, 0.4) is 0 Å². The van der Waals surface area contributed by atoms with Gasteiger partial charge in [-0.25, -0.2) is 19.9 Å². The Morgan fingerprint density at radius 1 is 0.806 bits per heavy atom. The molecule has 6 nitrogen and oxygen atoms in total. The van der Waals surface area contributed by atoms with E-state index < -0.39 is 0 Å². The van der Waals surface area contributed by atoms with Gasteiger partial charge >= 0.3 is 0 Å². The van der Waals surface area contributed by atoms with Crippen LogP contribution in [0.25, 0.3) is 0 Å². The highest BCUT2D eigenvalue weighted by Crippen LogP contribution is 2.24. The normalized spacial score (nSPS) is 14.7. The fraction of sp³-hybridized carbons (Fsp3) is 0.680. The Kier molecular flexibility index (Phi) is 11.8. The van der Waals surface area contributed by atoms with E-state index in [1.807, 2.05) is 48.5 Å². The molecule has 0 fully saturated rings. The molecule has 2 aromatic heterocycles. The van der Waals surface area contributed by atoms with Crippen molar-refractivity contribution in [2.75, 3.05) is 20.2 Å². The van der Waals surface area contributed by atoms with Crippen LogP contribution in [0.15, 0.2) is 0 Å². The Labute approximate surface area is 189 Å². The zero-order valence-corrected chi connectivity index (χ0v) is 21.5. The minimum atomic E-state index is 0.504. The van der Waals surface area contributed by atoms with Crippen LogP contribution in [-0.2, 0) is 30.7 Å². The van der Waals surface area contributed by atoms with Crippen molar-refractivity contribution in [1.29, 1.82) is 0 Å². The Morgan fingerprint density at radius 3 is 2.06 bits per heavy atom. The van der Waals surface area contributed by atoms with Crippen molar-refractivity contribution in [3.63, 3.8) is 0 Å². The number of hydrogen-bond acceptors (Lipinski definition) is 6. The van der Waals surface area contributed by atoms with E-state index in [1.165, 1.54) is 28.2 Å². The van der Waals surface area contributed by atoms with E-state index >= 15 is 0 Å². The highest BCUT2D eigenvalue weighted by atomic mass is 16.5. The molecule has 0 amide bonds. The first-order valence-corrected chi connectivity index (χ1v) is 11.8. The second-order valence-corrected chi connectivity index (χ2v) is 7.81. The molecule has 0 unspecified atom stereocenters. The minimum absolute atomic E-state index is 0.504. The number of ether oxygens (including phenoxy) is 1. The van der Waals surface area contributed by atoms with E-state index in [0.717, 1.165) is 49.9 Å². The molecule has 4 heterocycles. The molecule has 2 aliphatic rings. The molecule has 4 rings (SSSR count). The minimum Gasteiger partial charge on any atom is -0.376 e. The molecule has 0 radical (unpaired) electrons. The lowest BCUT2D eigenvalue weighted by Gasteiger charge is -2.26. The molecule has 31 heavy (non-hydrogen) atoms. The second-order valence-electron chi connectivity index (χ2n) is 7.81. The lowest BCUT2D eigenvalue weighted by Crippen LogP contribution is -2.29. The number of hydrogen-bond donors (Lipinski definition) is 0. The predicted molar refractivity (Wildman–Crippen MR) is 128 cm³/mol. The Hall–Kier alpha value is -1.92. The van der Waals surface area contributed by atoms with E-state index in [4.69, 9.17) is 4.74 Å². The van der Waals surface area contributed by atoms with Gasteiger partial charge in [-0.15, -0.1) is 0 Å². The van der Waals surface area contributed by atoms with Crippen molar-refractivity contribution in [1.82, 2.24) is 24.8 Å². The Balaban J connectivity index is 0.000000272. The second kappa shape index (κ2) is 13.5. The molecular weight excluding hydrogens is 386 g/mol. The summed E-state index contributed by atoms with van der Waals surface area (Å²) in [5, 5.41) is 0. The summed E-state index contributed by atoms with van der Waals surface area (Å²) < 4.78 is 5.34. The largest absolute Gasteiger partial charge is 0.376 e. The molecule has 0 atom stereocenters. The molecular formula is C25H43N5O. The molecule has 0 saturated heterocycles. The molecule has 174 valence electrons. The predicted octanol–water partition coefficient (Wildman–Crippen LogP) is 5.11. The maximum absolute atomic E-state index is 5.34. The molecule has 6 heteroatoms. The van der Waals surface area contributed by atoms with Crippen molar-refractivity contribution in [3.05, 3.63) is 45.6 Å². The molecule has 0 saturated carbocycles. The number of aryl methyl sites for hydroxylation is 3. The van der Waals surface area contributed by atoms with Crippen LogP contribution in [0, 0.1) is 20.8 Å². The van der Waals surface area contributed by atoms with E-state index in [2.05, 4.69) is 45.7 Å². The SMILES string of the molecule is CC.CC.Cc1nc(C)c2c(n1)CCOC2.Cc1nc2c(c(C(C)C)n1)CCN(C)C2. The van der Waals surface area contributed by atoms with Gasteiger partial charge < -0.3 is 9.64 Å². The topological polar surface area (TPSA) is 64.0 Å². The highest BCUT2D eigenvalue weighted by Gasteiger charge is 2.20. The van der Waals surface area contributed by atoms with Crippen molar-refractivity contribution in [2.24, 2.45) is 0 Å². The third-order valence-corrected chi connectivity index (χ3v) is 5.09. The summed E-state index contributed by atoms with van der Waals surface area (Å²) in [5.74, 6) is 2.28. The number of aromatic nitrogens is 4. The average Bonchev–Trinajstić information content (AvgIpc) is 2.76. The smallest absolute Gasteiger partial charge is 0.125 e. The van der Waals surface area contributed by atoms with Crippen LogP contribution in [0.4, 0.5) is 0 Å². The van der Waals surface area contributed by atoms with Crippen molar-refractivity contribution >= 4 is 0 Å². The lowest BCUT2D eigenvalue weighted by atomic mass is 9.97. The molecule has 0 aliphatic carbocycles. The summed E-state index contributed by atoms with van der Waals surface area (Å²) in [7, 11) is 2.15. The van der Waals surface area contributed by atoms with Gasteiger partial charge in [-0.3, -0.25) is 0 Å². The summed E-state index contributed by atoms with van der Waals surface area (Å²) in [6, 6.07) is 0. The van der Waals surface area contributed by atoms with Crippen molar-refractivity contribution in [3.8, 4) is 0 Å². The van der Waals surface area contributed by atoms with Crippen LogP contribution in [-0.4, -0.2) is 45.0 Å². The maximum atomic E-state index is 5.34. The molecule has 0 aromatic carbocycles. The quantitative estimate of drug-likeness (QED) is 0.627. The third kappa shape index (κ3) is 7.62. The van der Waals surface area contributed by atoms with E-state index in [9.17, 15) is 0 Å². The number of rotatable bonds is 1. The van der Waals surface area contributed by atoms with E-state index in [1.54, 1.807) is 0 Å². The third-order valence-electron chi connectivity index (χ3n) is 5.09. The van der Waals surface area contributed by atoms with Gasteiger partial charge in [0.2, 0.25) is 0 Å². The maximum Gasteiger partial charge on any atom is 0.125 e. The summed E-state index contributed by atoms with van der Waals surface area (Å²) in [6.07, 6.45) is 2.03. The average molecular weight is 430 g/mol. The number of likely N-dealkylation sites (N-methyl/N-ethyl adjacent to an activating group) is 1. The lowest BCUT2D eigenvalue weighted by molar-refractivity contribution is 0.108. The van der Waals surface area contributed by atoms with E-state index in [-0.39, 0.29) is 0 Å². The summed E-state index contributed by atoms with van der Waals surface area (Å²) in [6.45, 7) is 21.9. The monoisotopic (exact) mass is 429 g/mol. The van der Waals surface area contributed by atoms with Crippen molar-refractivity contribution in [2.45, 2.75) is 94.2 Å². The van der Waals surface area contributed by atoms with Crippen LogP contribution >= 0.6 is 0 Å². The van der Waals surface area contributed by atoms with Gasteiger partial charge in [0, 0.05) is 30.8 Å². The van der Waals surface area contributed by atoms with Gasteiger partial charge in [-0.2, -0.15) is 0 Å². The number of fused-ring (bicyclic) bond motifs is 2. The van der Waals surface area contributed by atoms with Crippen LogP contribution in [0.2, 0.25) is 0 Å². The van der Waals surface area contributed by atoms with Crippen LogP contribution < -0.4 is 0 Å². The van der Waals surface area contributed by atoms with Gasteiger partial charge in [0.15, 0.2) is 0 Å². The highest BCUT2D eigenvalue weighted by molar-refractivity contribution is 5.30. The van der Waals surface area contributed by atoms with Crippen LogP contribution in [0.1, 0.15) is 93.0 Å². The number of nitrogens with zero attached hydrogens (tertiary/aromatic N) is 5. The fourth-order valence-electron chi connectivity index (χ4n) is 3.74. The Morgan fingerprint density at radius 2 is 1.42 bits per heavy atom. The Bertz CT molecular complexity index is 820. The first-order chi connectivity index (χ1) is 14.8. The summed E-state index contributed by atoms with van der Waals surface area (Å²) in [5.41, 5.74) is 7.31. The first kappa shape index (κ1) is 27.1. The summed E-state index contributed by atoms with van der Waals surface area (Å²) in [4.78, 5) is 20.1. The van der Waals surface area contributed by atoms with Gasteiger partial charge in [0.05, 0.1) is 30.3 Å². The van der Waals surface area contributed by atoms with Gasteiger partial charge in [0.25, 0.3) is 0 Å². The molecule has 2 aliphatic heterocycles. The standard InChI is InChI=1S/C12H19N3.C9H12N2O.2C2H6/c1-8(2)12-10-5-6-15(4)7-11(10)13-9(3)14-12;1-6-8-5-12-4-3-9(8)11-7(2)10-6;2*1-2/h8H,5-7H2,1-4H3;3-5H2,1-2H3;2*1-2H3. The molecule has 2 aromatic rings. The summed E-state index contributed by atoms with van der Waals surface area (Å²) >= 11 is 0. The zero-order chi connectivity index (χ0) is 23.6.